The fourth-order valence-corrected chi connectivity index (χ4v) is 2.71. The molecule has 0 aliphatic heterocycles. The fourth-order valence-electron chi connectivity index (χ4n) is 2.71. The lowest BCUT2D eigenvalue weighted by atomic mass is 10.0. The molecule has 0 aliphatic carbocycles. The number of benzene rings is 3. The van der Waals surface area contributed by atoms with Crippen molar-refractivity contribution in [2.75, 3.05) is 12.4 Å². The minimum Gasteiger partial charge on any atom is -0.497 e. The first kappa shape index (κ1) is 18.0. The smallest absolute Gasteiger partial charge is 0.255 e. The summed E-state index contributed by atoms with van der Waals surface area (Å²) in [5, 5.41) is 6.44. The number of nitrogens with zero attached hydrogens (tertiary/aromatic N) is 1. The van der Waals surface area contributed by atoms with Gasteiger partial charge in [0.05, 0.1) is 12.8 Å². The number of carbonyl (C=O) groups is 1. The molecule has 0 radical (unpaired) electrons. The first-order valence-corrected chi connectivity index (χ1v) is 8.31. The van der Waals surface area contributed by atoms with Crippen molar-refractivity contribution < 1.29 is 9.53 Å². The molecule has 3 aromatic carbocycles. The summed E-state index contributed by atoms with van der Waals surface area (Å²) in [5.41, 5.74) is 9.39. The molecule has 27 heavy (non-hydrogen) atoms. The van der Waals surface area contributed by atoms with Crippen molar-refractivity contribution in [1.82, 2.24) is 0 Å². The molecule has 0 fully saturated rings. The molecule has 0 unspecified atom stereocenters. The van der Waals surface area contributed by atoms with E-state index in [9.17, 15) is 4.79 Å². The van der Waals surface area contributed by atoms with Crippen LogP contribution >= 0.6 is 0 Å². The van der Waals surface area contributed by atoms with Crippen LogP contribution in [0.15, 0.2) is 77.9 Å². The van der Waals surface area contributed by atoms with Crippen LogP contribution in [0.3, 0.4) is 0 Å². The number of ether oxygens (including phenoxy) is 1. The molecule has 136 valence electrons. The van der Waals surface area contributed by atoms with Crippen LogP contribution in [0.4, 0.5) is 5.69 Å². The van der Waals surface area contributed by atoms with E-state index in [0.717, 1.165) is 11.1 Å². The van der Waals surface area contributed by atoms with Gasteiger partial charge in [-0.3, -0.25) is 4.79 Å². The third kappa shape index (κ3) is 4.07. The third-order valence-electron chi connectivity index (χ3n) is 4.12. The van der Waals surface area contributed by atoms with E-state index >= 15 is 0 Å². The van der Waals surface area contributed by atoms with E-state index in [1.54, 1.807) is 37.4 Å². The van der Waals surface area contributed by atoms with E-state index in [0.29, 0.717) is 22.6 Å². The van der Waals surface area contributed by atoms with Crippen LogP contribution in [0.5, 0.6) is 5.75 Å². The average Bonchev–Trinajstić information content (AvgIpc) is 2.73. The minimum absolute atomic E-state index is 0.135. The molecule has 0 spiro atoms. The summed E-state index contributed by atoms with van der Waals surface area (Å²) in [5.74, 6) is 5.78. The van der Waals surface area contributed by atoms with E-state index in [-0.39, 0.29) is 11.7 Å². The largest absolute Gasteiger partial charge is 0.497 e. The van der Waals surface area contributed by atoms with E-state index in [2.05, 4.69) is 10.4 Å². The molecule has 6 nitrogen and oxygen atoms in total. The van der Waals surface area contributed by atoms with E-state index in [4.69, 9.17) is 16.3 Å². The number of rotatable bonds is 5. The molecule has 0 bridgehead atoms. The molecule has 6 heteroatoms. The third-order valence-corrected chi connectivity index (χ3v) is 4.12. The second-order valence-electron chi connectivity index (χ2n) is 5.83. The van der Waals surface area contributed by atoms with Crippen molar-refractivity contribution in [3.05, 3.63) is 83.9 Å². The molecule has 3 aromatic rings. The topological polar surface area (TPSA) is 103 Å². The normalized spacial score (nSPS) is 11.1. The molecule has 0 atom stereocenters. The van der Waals surface area contributed by atoms with E-state index < -0.39 is 0 Å². The molecule has 5 N–H and O–H groups in total. The molecule has 0 aromatic heterocycles. The van der Waals surface area contributed by atoms with Gasteiger partial charge >= 0.3 is 0 Å². The van der Waals surface area contributed by atoms with Crippen LogP contribution in [0.1, 0.15) is 15.9 Å². The van der Waals surface area contributed by atoms with Gasteiger partial charge in [0, 0.05) is 11.1 Å². The van der Waals surface area contributed by atoms with Crippen molar-refractivity contribution in [2.45, 2.75) is 0 Å². The maximum Gasteiger partial charge on any atom is 0.255 e. The fraction of sp³-hybridized carbons (Fsp3) is 0.0476. The second kappa shape index (κ2) is 8.05. The first-order valence-electron chi connectivity index (χ1n) is 8.31. The van der Waals surface area contributed by atoms with Gasteiger partial charge in [0.25, 0.3) is 5.91 Å². The summed E-state index contributed by atoms with van der Waals surface area (Å²) in [7, 11) is 1.55. The Hall–Kier alpha value is -3.80. The quantitative estimate of drug-likeness (QED) is 0.281. The first-order chi connectivity index (χ1) is 13.1. The number of anilines is 1. The van der Waals surface area contributed by atoms with Gasteiger partial charge in [0.15, 0.2) is 5.84 Å². The number of nitrogens with two attached hydrogens (primary N) is 2. The Balaban J connectivity index is 1.99. The molecule has 0 saturated heterocycles. The lowest BCUT2D eigenvalue weighted by Gasteiger charge is -2.13. The van der Waals surface area contributed by atoms with Crippen molar-refractivity contribution in [3.63, 3.8) is 0 Å². The number of hydrogen-bond donors (Lipinski definition) is 3. The van der Waals surface area contributed by atoms with Gasteiger partial charge in [-0.1, -0.05) is 42.5 Å². The Labute approximate surface area is 157 Å². The highest BCUT2D eigenvalue weighted by Crippen LogP contribution is 2.26. The van der Waals surface area contributed by atoms with Crippen molar-refractivity contribution in [2.24, 2.45) is 16.7 Å². The minimum atomic E-state index is -0.287. The number of hydrogen-bond acceptors (Lipinski definition) is 4. The summed E-state index contributed by atoms with van der Waals surface area (Å²) in [6.45, 7) is 0. The highest BCUT2D eigenvalue weighted by atomic mass is 16.5. The van der Waals surface area contributed by atoms with Gasteiger partial charge in [-0.05, 0) is 41.5 Å². The predicted octanol–water partition coefficient (Wildman–Crippen LogP) is 3.19. The summed E-state index contributed by atoms with van der Waals surface area (Å²) in [6, 6.07) is 22.3. The second-order valence-corrected chi connectivity index (χ2v) is 5.83. The Bertz CT molecular complexity index is 984. The van der Waals surface area contributed by atoms with Gasteiger partial charge in [-0.15, -0.1) is 0 Å². The summed E-state index contributed by atoms with van der Waals surface area (Å²) < 4.78 is 5.18. The number of methoxy groups -OCH3 is 1. The van der Waals surface area contributed by atoms with Gasteiger partial charge in [0.1, 0.15) is 5.75 Å². The number of amides is 1. The monoisotopic (exact) mass is 360 g/mol. The highest BCUT2D eigenvalue weighted by molar-refractivity contribution is 6.10. The predicted molar refractivity (Wildman–Crippen MR) is 108 cm³/mol. The van der Waals surface area contributed by atoms with Crippen molar-refractivity contribution >= 4 is 17.4 Å². The van der Waals surface area contributed by atoms with Crippen LogP contribution in [0.2, 0.25) is 0 Å². The summed E-state index contributed by atoms with van der Waals surface area (Å²) in [6.07, 6.45) is 0. The average molecular weight is 360 g/mol. The number of amidine groups is 1. The van der Waals surface area contributed by atoms with Gasteiger partial charge in [0.2, 0.25) is 0 Å². The zero-order chi connectivity index (χ0) is 19.2. The summed E-state index contributed by atoms with van der Waals surface area (Å²) >= 11 is 0. The number of carbonyl (C=O) groups excluding carboxylic acids is 1. The molecule has 0 saturated carbocycles. The highest BCUT2D eigenvalue weighted by Gasteiger charge is 2.13. The molecular weight excluding hydrogens is 340 g/mol. The van der Waals surface area contributed by atoms with E-state index in [1.807, 2.05) is 42.5 Å². The molecular formula is C21H20N4O2. The Morgan fingerprint density at radius 2 is 1.74 bits per heavy atom. The van der Waals surface area contributed by atoms with Crippen LogP contribution in [0.25, 0.3) is 11.1 Å². The number of hydrazone groups is 1. The lowest BCUT2D eigenvalue weighted by molar-refractivity contribution is 0.102. The van der Waals surface area contributed by atoms with Crippen LogP contribution in [-0.4, -0.2) is 18.9 Å². The van der Waals surface area contributed by atoms with Crippen molar-refractivity contribution in [3.8, 4) is 16.9 Å². The lowest BCUT2D eigenvalue weighted by Crippen LogP contribution is -2.20. The molecule has 3 rings (SSSR count). The van der Waals surface area contributed by atoms with Crippen LogP contribution < -0.4 is 21.6 Å². The molecule has 1 amide bonds. The zero-order valence-electron chi connectivity index (χ0n) is 14.8. The Kier molecular flexibility index (Phi) is 5.37. The van der Waals surface area contributed by atoms with Gasteiger partial charge in [-0.25, -0.2) is 0 Å². The van der Waals surface area contributed by atoms with Crippen LogP contribution in [0, 0.1) is 0 Å². The van der Waals surface area contributed by atoms with E-state index in [1.165, 1.54) is 0 Å². The van der Waals surface area contributed by atoms with Gasteiger partial charge < -0.3 is 21.6 Å². The van der Waals surface area contributed by atoms with Crippen molar-refractivity contribution in [1.29, 1.82) is 0 Å². The number of nitrogens with one attached hydrogen (secondary N) is 1. The Morgan fingerprint density at radius 3 is 2.44 bits per heavy atom. The standard InChI is InChI=1S/C21H20N4O2/c1-27-17-9-5-8-16(12-17)21(26)24-19-13-15(14-6-3-2-4-7-14)10-11-18(19)20(22)25-23/h2-13H,23H2,1H3,(H2,22,25)(H,24,26). The van der Waals surface area contributed by atoms with Gasteiger partial charge in [-0.2, -0.15) is 5.10 Å². The molecule has 0 aliphatic rings. The maximum atomic E-state index is 12.7. The maximum absolute atomic E-state index is 12.7. The molecule has 0 heterocycles. The van der Waals surface area contributed by atoms with Crippen LogP contribution in [-0.2, 0) is 0 Å². The summed E-state index contributed by atoms with van der Waals surface area (Å²) in [4.78, 5) is 12.7. The Morgan fingerprint density at radius 1 is 0.963 bits per heavy atom. The SMILES string of the molecule is COc1cccc(C(=O)Nc2cc(-c3ccccc3)ccc2/C(N)=N/N)c1. The zero-order valence-corrected chi connectivity index (χ0v) is 14.8.